The van der Waals surface area contributed by atoms with Gasteiger partial charge in [0, 0.05) is 19.3 Å². The van der Waals surface area contributed by atoms with Gasteiger partial charge in [-0.25, -0.2) is 4.39 Å². The smallest absolute Gasteiger partial charge is 0.107 e. The lowest BCUT2D eigenvalue weighted by molar-refractivity contribution is 0.497. The molecule has 2 aromatic rings. The van der Waals surface area contributed by atoms with E-state index in [0.29, 0.717) is 6.54 Å². The van der Waals surface area contributed by atoms with Crippen LogP contribution in [0.5, 0.6) is 0 Å². The Balaban J connectivity index is 2.07. The second-order valence-electron chi connectivity index (χ2n) is 5.13. The SMILES string of the molecule is CCc1cccc(/C=C/c2ccc(N(C)CCF)cc2)c1. The van der Waals surface area contributed by atoms with E-state index in [1.165, 1.54) is 11.1 Å². The molecule has 2 aromatic carbocycles. The number of nitrogens with zero attached hydrogens (tertiary/aromatic N) is 1. The second-order valence-corrected chi connectivity index (χ2v) is 5.13. The van der Waals surface area contributed by atoms with E-state index in [0.717, 1.165) is 17.7 Å². The van der Waals surface area contributed by atoms with Gasteiger partial charge in [-0.1, -0.05) is 55.5 Å². The zero-order valence-electron chi connectivity index (χ0n) is 12.7. The van der Waals surface area contributed by atoms with Crippen LogP contribution in [-0.2, 0) is 6.42 Å². The van der Waals surface area contributed by atoms with Crippen LogP contribution in [0.25, 0.3) is 12.2 Å². The lowest BCUT2D eigenvalue weighted by atomic mass is 10.1. The maximum Gasteiger partial charge on any atom is 0.107 e. The molecule has 0 spiro atoms. The van der Waals surface area contributed by atoms with Crippen LogP contribution in [0.3, 0.4) is 0 Å². The Hall–Kier alpha value is -2.09. The van der Waals surface area contributed by atoms with Crippen molar-refractivity contribution < 1.29 is 4.39 Å². The summed E-state index contributed by atoms with van der Waals surface area (Å²) in [6.07, 6.45) is 5.28. The van der Waals surface area contributed by atoms with Crippen LogP contribution in [0.4, 0.5) is 10.1 Å². The largest absolute Gasteiger partial charge is 0.372 e. The van der Waals surface area contributed by atoms with Gasteiger partial charge >= 0.3 is 0 Å². The van der Waals surface area contributed by atoms with Crippen molar-refractivity contribution in [2.24, 2.45) is 0 Å². The first-order valence-corrected chi connectivity index (χ1v) is 7.37. The highest BCUT2D eigenvalue weighted by molar-refractivity contribution is 5.70. The minimum atomic E-state index is -0.327. The molecule has 0 unspecified atom stereocenters. The number of halogens is 1. The normalized spacial score (nSPS) is 11.0. The Morgan fingerprint density at radius 2 is 1.71 bits per heavy atom. The van der Waals surface area contributed by atoms with Crippen molar-refractivity contribution in [1.82, 2.24) is 0 Å². The Kier molecular flexibility index (Phi) is 5.56. The Labute approximate surface area is 126 Å². The average molecular weight is 283 g/mol. The second kappa shape index (κ2) is 7.63. The highest BCUT2D eigenvalue weighted by Gasteiger charge is 1.99. The third kappa shape index (κ3) is 4.45. The van der Waals surface area contributed by atoms with E-state index in [4.69, 9.17) is 0 Å². The summed E-state index contributed by atoms with van der Waals surface area (Å²) in [6, 6.07) is 16.7. The molecule has 0 heterocycles. The van der Waals surface area contributed by atoms with Crippen LogP contribution in [0.15, 0.2) is 48.5 Å². The van der Waals surface area contributed by atoms with E-state index in [2.05, 4.69) is 55.5 Å². The summed E-state index contributed by atoms with van der Waals surface area (Å²) in [5.74, 6) is 0. The van der Waals surface area contributed by atoms with Crippen molar-refractivity contribution >= 4 is 17.8 Å². The standard InChI is InChI=1S/C19H22FN/c1-3-16-5-4-6-18(15-16)8-7-17-9-11-19(12-10-17)21(2)14-13-20/h4-12,15H,3,13-14H2,1-2H3/b8-7+. The van der Waals surface area contributed by atoms with Gasteiger partial charge in [0.25, 0.3) is 0 Å². The summed E-state index contributed by atoms with van der Waals surface area (Å²) < 4.78 is 12.3. The number of aryl methyl sites for hydroxylation is 1. The van der Waals surface area contributed by atoms with Crippen molar-refractivity contribution in [2.75, 3.05) is 25.2 Å². The van der Waals surface area contributed by atoms with Crippen LogP contribution in [0.1, 0.15) is 23.6 Å². The Morgan fingerprint density at radius 3 is 2.38 bits per heavy atom. The monoisotopic (exact) mass is 283 g/mol. The van der Waals surface area contributed by atoms with Gasteiger partial charge in [-0.15, -0.1) is 0 Å². The van der Waals surface area contributed by atoms with E-state index in [-0.39, 0.29) is 6.67 Å². The Morgan fingerprint density at radius 1 is 1.00 bits per heavy atom. The molecule has 0 aliphatic heterocycles. The molecule has 0 amide bonds. The molecular formula is C19H22FN. The molecule has 21 heavy (non-hydrogen) atoms. The number of alkyl halides is 1. The Bertz CT molecular complexity index is 587. The van der Waals surface area contributed by atoms with Crippen LogP contribution < -0.4 is 4.90 Å². The highest BCUT2D eigenvalue weighted by Crippen LogP contribution is 2.16. The number of rotatable bonds is 6. The fourth-order valence-electron chi connectivity index (χ4n) is 2.20. The predicted octanol–water partition coefficient (Wildman–Crippen LogP) is 4.83. The van der Waals surface area contributed by atoms with Gasteiger partial charge in [0.2, 0.25) is 0 Å². The van der Waals surface area contributed by atoms with E-state index in [1.807, 2.05) is 24.1 Å². The first kappa shape index (κ1) is 15.3. The maximum absolute atomic E-state index is 12.3. The van der Waals surface area contributed by atoms with Gasteiger partial charge in [-0.2, -0.15) is 0 Å². The lowest BCUT2D eigenvalue weighted by Gasteiger charge is -2.17. The summed E-state index contributed by atoms with van der Waals surface area (Å²) in [5, 5.41) is 0. The van der Waals surface area contributed by atoms with E-state index >= 15 is 0 Å². The fourth-order valence-corrected chi connectivity index (χ4v) is 2.20. The van der Waals surface area contributed by atoms with Gasteiger partial charge in [0.05, 0.1) is 0 Å². The van der Waals surface area contributed by atoms with Crippen molar-refractivity contribution in [3.05, 3.63) is 65.2 Å². The number of hydrogen-bond donors (Lipinski definition) is 0. The molecule has 0 saturated heterocycles. The molecular weight excluding hydrogens is 261 g/mol. The van der Waals surface area contributed by atoms with Crippen molar-refractivity contribution in [2.45, 2.75) is 13.3 Å². The van der Waals surface area contributed by atoms with Crippen LogP contribution in [-0.4, -0.2) is 20.3 Å². The first-order valence-electron chi connectivity index (χ1n) is 7.37. The van der Waals surface area contributed by atoms with Crippen LogP contribution in [0, 0.1) is 0 Å². The van der Waals surface area contributed by atoms with Gasteiger partial charge in [0.15, 0.2) is 0 Å². The fraction of sp³-hybridized carbons (Fsp3) is 0.263. The summed E-state index contributed by atoms with van der Waals surface area (Å²) in [7, 11) is 1.90. The zero-order valence-corrected chi connectivity index (χ0v) is 12.7. The van der Waals surface area contributed by atoms with E-state index in [9.17, 15) is 4.39 Å². The molecule has 0 fully saturated rings. The molecule has 0 atom stereocenters. The van der Waals surface area contributed by atoms with Crippen LogP contribution in [0.2, 0.25) is 0 Å². The summed E-state index contributed by atoms with van der Waals surface area (Å²) in [6.45, 7) is 2.26. The average Bonchev–Trinajstić information content (AvgIpc) is 2.54. The molecule has 0 saturated carbocycles. The van der Waals surface area contributed by atoms with Crippen molar-refractivity contribution in [3.63, 3.8) is 0 Å². The highest BCUT2D eigenvalue weighted by atomic mass is 19.1. The quantitative estimate of drug-likeness (QED) is 0.687. The maximum atomic E-state index is 12.3. The molecule has 0 N–H and O–H groups in total. The van der Waals surface area contributed by atoms with E-state index in [1.54, 1.807) is 0 Å². The number of anilines is 1. The summed E-state index contributed by atoms with van der Waals surface area (Å²) >= 11 is 0. The van der Waals surface area contributed by atoms with E-state index < -0.39 is 0 Å². The van der Waals surface area contributed by atoms with Crippen molar-refractivity contribution in [1.29, 1.82) is 0 Å². The van der Waals surface area contributed by atoms with Crippen molar-refractivity contribution in [3.8, 4) is 0 Å². The van der Waals surface area contributed by atoms with Crippen LogP contribution >= 0.6 is 0 Å². The van der Waals surface area contributed by atoms with Gasteiger partial charge < -0.3 is 4.90 Å². The molecule has 0 aliphatic carbocycles. The first-order chi connectivity index (χ1) is 10.2. The van der Waals surface area contributed by atoms with Gasteiger partial charge in [0.1, 0.15) is 6.67 Å². The molecule has 110 valence electrons. The summed E-state index contributed by atoms with van der Waals surface area (Å²) in [4.78, 5) is 1.91. The van der Waals surface area contributed by atoms with Gasteiger partial charge in [-0.05, 0) is 35.2 Å². The third-order valence-electron chi connectivity index (χ3n) is 3.58. The summed E-state index contributed by atoms with van der Waals surface area (Å²) in [5.41, 5.74) is 4.75. The van der Waals surface area contributed by atoms with Gasteiger partial charge in [-0.3, -0.25) is 0 Å². The number of hydrogen-bond acceptors (Lipinski definition) is 1. The molecule has 0 radical (unpaired) electrons. The topological polar surface area (TPSA) is 3.24 Å². The molecule has 0 bridgehead atoms. The predicted molar refractivity (Wildman–Crippen MR) is 90.4 cm³/mol. The molecule has 1 nitrogen and oxygen atoms in total. The zero-order chi connectivity index (χ0) is 15.1. The lowest BCUT2D eigenvalue weighted by Crippen LogP contribution is -2.19. The molecule has 2 rings (SSSR count). The minimum Gasteiger partial charge on any atom is -0.372 e. The number of benzene rings is 2. The minimum absolute atomic E-state index is 0.327. The molecule has 0 aromatic heterocycles. The molecule has 0 aliphatic rings. The molecule has 2 heteroatoms. The third-order valence-corrected chi connectivity index (χ3v) is 3.58.